The first kappa shape index (κ1) is 12.6. The molecule has 0 spiro atoms. The summed E-state index contributed by atoms with van der Waals surface area (Å²) in [6.45, 7) is 0. The normalized spacial score (nSPS) is 10.2. The zero-order valence-electron chi connectivity index (χ0n) is 9.47. The third-order valence-corrected chi connectivity index (χ3v) is 2.96. The lowest BCUT2D eigenvalue weighted by molar-refractivity contribution is 0.386. The second-order valence-corrected chi connectivity index (χ2v) is 4.54. The van der Waals surface area contributed by atoms with E-state index >= 15 is 0 Å². The largest absolute Gasteiger partial charge is 0.338 e. The monoisotopic (exact) mass is 263 g/mol. The lowest BCUT2D eigenvalue weighted by atomic mass is 10.1. The van der Waals surface area contributed by atoms with Gasteiger partial charge in [0.1, 0.15) is 5.82 Å². The average Bonchev–Trinajstić information content (AvgIpc) is 2.80. The van der Waals surface area contributed by atoms with Crippen LogP contribution in [-0.2, 0) is 12.2 Å². The molecule has 6 heteroatoms. The van der Waals surface area contributed by atoms with Crippen LogP contribution in [0.15, 0.2) is 28.8 Å². The van der Waals surface area contributed by atoms with Gasteiger partial charge < -0.3 is 4.52 Å². The number of nitrogens with zero attached hydrogens (tertiary/aromatic N) is 3. The highest BCUT2D eigenvalue weighted by atomic mass is 32.2. The molecule has 0 saturated carbocycles. The van der Waals surface area contributed by atoms with Crippen LogP contribution in [0, 0.1) is 17.1 Å². The molecule has 18 heavy (non-hydrogen) atoms. The van der Waals surface area contributed by atoms with E-state index in [0.717, 1.165) is 5.56 Å². The van der Waals surface area contributed by atoms with Gasteiger partial charge in [0.2, 0.25) is 5.89 Å². The molecule has 0 aliphatic carbocycles. The molecule has 4 nitrogen and oxygen atoms in total. The van der Waals surface area contributed by atoms with Gasteiger partial charge in [0.15, 0.2) is 5.82 Å². The maximum absolute atomic E-state index is 12.7. The summed E-state index contributed by atoms with van der Waals surface area (Å²) in [5.41, 5.74) is 0.924. The number of rotatable bonds is 5. The van der Waals surface area contributed by atoms with Crippen LogP contribution in [0.2, 0.25) is 0 Å². The summed E-state index contributed by atoms with van der Waals surface area (Å²) in [6.07, 6.45) is 0.507. The zero-order valence-corrected chi connectivity index (χ0v) is 10.3. The minimum absolute atomic E-state index is 0.263. The Balaban J connectivity index is 1.94. The van der Waals surface area contributed by atoms with Crippen molar-refractivity contribution in [1.82, 2.24) is 10.1 Å². The summed E-state index contributed by atoms with van der Waals surface area (Å²) < 4.78 is 17.8. The molecule has 92 valence electrons. The number of hydrogen-bond acceptors (Lipinski definition) is 5. The molecule has 0 unspecified atom stereocenters. The van der Waals surface area contributed by atoms with Crippen LogP contribution in [0.3, 0.4) is 0 Å². The number of halogens is 1. The van der Waals surface area contributed by atoms with E-state index in [1.807, 2.05) is 6.07 Å². The molecule has 0 N–H and O–H groups in total. The van der Waals surface area contributed by atoms with Crippen LogP contribution in [-0.4, -0.2) is 15.9 Å². The molecule has 2 aromatic rings. The molecule has 1 heterocycles. The Labute approximate surface area is 108 Å². The van der Waals surface area contributed by atoms with Crippen LogP contribution < -0.4 is 0 Å². The van der Waals surface area contributed by atoms with E-state index < -0.39 is 0 Å². The van der Waals surface area contributed by atoms with Crippen LogP contribution in [0.1, 0.15) is 17.3 Å². The lowest BCUT2D eigenvalue weighted by Gasteiger charge is -1.95. The predicted molar refractivity (Wildman–Crippen MR) is 65.3 cm³/mol. The summed E-state index contributed by atoms with van der Waals surface area (Å²) in [7, 11) is 0. The van der Waals surface area contributed by atoms with Crippen molar-refractivity contribution in [1.29, 1.82) is 5.26 Å². The standard InChI is InChI=1S/C12H10FN3OS/c13-10-3-1-9(2-4-10)7-11-15-12(17-16-11)8-18-6-5-14/h1-4H,6-8H2. The highest BCUT2D eigenvalue weighted by Crippen LogP contribution is 2.12. The number of nitriles is 1. The van der Waals surface area contributed by atoms with Crippen LogP contribution in [0.4, 0.5) is 4.39 Å². The Bertz CT molecular complexity index is 547. The van der Waals surface area contributed by atoms with Gasteiger partial charge in [-0.2, -0.15) is 10.2 Å². The second-order valence-electron chi connectivity index (χ2n) is 3.56. The van der Waals surface area contributed by atoms with Crippen molar-refractivity contribution in [2.75, 3.05) is 5.75 Å². The predicted octanol–water partition coefficient (Wildman–Crippen LogP) is 2.56. The molecule has 0 amide bonds. The Kier molecular flexibility index (Phi) is 4.31. The molecule has 1 aromatic carbocycles. The van der Waals surface area contributed by atoms with E-state index in [0.29, 0.717) is 29.6 Å². The number of hydrogen-bond donors (Lipinski definition) is 0. The first-order chi connectivity index (χ1) is 8.78. The molecule has 0 radical (unpaired) electrons. The fraction of sp³-hybridized carbons (Fsp3) is 0.250. The molecular formula is C12H10FN3OS. The molecule has 1 aromatic heterocycles. The fourth-order valence-electron chi connectivity index (χ4n) is 1.39. The van der Waals surface area contributed by atoms with Crippen molar-refractivity contribution < 1.29 is 8.91 Å². The minimum Gasteiger partial charge on any atom is -0.338 e. The SMILES string of the molecule is N#CCSCc1nc(Cc2ccc(F)cc2)no1. The Morgan fingerprint density at radius 1 is 1.33 bits per heavy atom. The Hall–Kier alpha value is -1.87. The van der Waals surface area contributed by atoms with Crippen LogP contribution >= 0.6 is 11.8 Å². The van der Waals surface area contributed by atoms with Crippen molar-refractivity contribution in [2.45, 2.75) is 12.2 Å². The summed E-state index contributed by atoms with van der Waals surface area (Å²) in [5.74, 6) is 1.74. The van der Waals surface area contributed by atoms with Crippen LogP contribution in [0.25, 0.3) is 0 Å². The number of benzene rings is 1. The molecule has 0 bridgehead atoms. The lowest BCUT2D eigenvalue weighted by Crippen LogP contribution is -1.91. The van der Waals surface area contributed by atoms with Crippen molar-refractivity contribution in [3.05, 3.63) is 47.4 Å². The van der Waals surface area contributed by atoms with Gasteiger partial charge in [0.05, 0.1) is 17.6 Å². The van der Waals surface area contributed by atoms with E-state index in [-0.39, 0.29) is 5.82 Å². The first-order valence-electron chi connectivity index (χ1n) is 5.28. The molecule has 0 atom stereocenters. The third kappa shape index (κ3) is 3.57. The van der Waals surface area contributed by atoms with E-state index in [9.17, 15) is 4.39 Å². The van der Waals surface area contributed by atoms with Gasteiger partial charge in [-0.3, -0.25) is 0 Å². The third-order valence-electron chi connectivity index (χ3n) is 2.18. The number of aromatic nitrogens is 2. The summed E-state index contributed by atoms with van der Waals surface area (Å²) >= 11 is 1.42. The quantitative estimate of drug-likeness (QED) is 0.776. The van der Waals surface area contributed by atoms with Crippen molar-refractivity contribution >= 4 is 11.8 Å². The molecule has 2 rings (SSSR count). The van der Waals surface area contributed by atoms with Gasteiger partial charge in [-0.25, -0.2) is 4.39 Å². The van der Waals surface area contributed by atoms with E-state index in [2.05, 4.69) is 10.1 Å². The fourth-order valence-corrected chi connectivity index (χ4v) is 1.87. The van der Waals surface area contributed by atoms with Crippen molar-refractivity contribution in [3.8, 4) is 6.07 Å². The van der Waals surface area contributed by atoms with Crippen molar-refractivity contribution in [2.24, 2.45) is 0 Å². The van der Waals surface area contributed by atoms with Gasteiger partial charge in [0.25, 0.3) is 0 Å². The molecule has 0 aliphatic heterocycles. The van der Waals surface area contributed by atoms with Gasteiger partial charge in [-0.15, -0.1) is 11.8 Å². The van der Waals surface area contributed by atoms with Crippen LogP contribution in [0.5, 0.6) is 0 Å². The van der Waals surface area contributed by atoms with Gasteiger partial charge in [-0.05, 0) is 17.7 Å². The molecular weight excluding hydrogens is 253 g/mol. The second kappa shape index (κ2) is 6.17. The summed E-state index contributed by atoms with van der Waals surface area (Å²) in [4.78, 5) is 4.20. The van der Waals surface area contributed by atoms with E-state index in [1.54, 1.807) is 12.1 Å². The van der Waals surface area contributed by atoms with Gasteiger partial charge in [0, 0.05) is 6.42 Å². The van der Waals surface area contributed by atoms with E-state index in [4.69, 9.17) is 9.78 Å². The zero-order chi connectivity index (χ0) is 12.8. The minimum atomic E-state index is -0.263. The van der Waals surface area contributed by atoms with Gasteiger partial charge >= 0.3 is 0 Å². The highest BCUT2D eigenvalue weighted by Gasteiger charge is 2.07. The summed E-state index contributed by atoms with van der Waals surface area (Å²) in [5, 5.41) is 12.2. The maximum atomic E-state index is 12.7. The molecule has 0 fully saturated rings. The maximum Gasteiger partial charge on any atom is 0.236 e. The smallest absolute Gasteiger partial charge is 0.236 e. The topological polar surface area (TPSA) is 62.7 Å². The van der Waals surface area contributed by atoms with Crippen molar-refractivity contribution in [3.63, 3.8) is 0 Å². The number of thioether (sulfide) groups is 1. The van der Waals surface area contributed by atoms with Gasteiger partial charge in [-0.1, -0.05) is 17.3 Å². The van der Waals surface area contributed by atoms with E-state index in [1.165, 1.54) is 23.9 Å². The first-order valence-corrected chi connectivity index (χ1v) is 6.44. The summed E-state index contributed by atoms with van der Waals surface area (Å²) in [6, 6.07) is 8.21. The molecule has 0 aliphatic rings. The average molecular weight is 263 g/mol. The highest BCUT2D eigenvalue weighted by molar-refractivity contribution is 7.98. The Morgan fingerprint density at radius 2 is 2.11 bits per heavy atom. The Morgan fingerprint density at radius 3 is 2.83 bits per heavy atom. The molecule has 0 saturated heterocycles.